The van der Waals surface area contributed by atoms with E-state index in [9.17, 15) is 0 Å². The topological polar surface area (TPSA) is 32.3 Å². The number of rotatable bonds is 7. The van der Waals surface area contributed by atoms with Gasteiger partial charge in [-0.15, -0.1) is 36.4 Å². The van der Waals surface area contributed by atoms with E-state index in [0.29, 0.717) is 5.88 Å². The minimum Gasteiger partial charge on any atom is -0.320 e. The van der Waals surface area contributed by atoms with Gasteiger partial charge >= 0.3 is 0 Å². The van der Waals surface area contributed by atoms with Crippen LogP contribution >= 0.6 is 23.2 Å². The van der Waals surface area contributed by atoms with Gasteiger partial charge in [-0.1, -0.05) is 57.2 Å². The smallest absolute Gasteiger partial charge is 0.106 e. The zero-order valence-electron chi connectivity index (χ0n) is 20.1. The third-order valence-electron chi connectivity index (χ3n) is 3.76. The molecule has 1 N–H and O–H groups in total. The van der Waals surface area contributed by atoms with Crippen LogP contribution in [0, 0.1) is 0 Å². The number of allylic oxidation sites excluding steroid dienone is 2. The standard InChI is InChI=1S/C14H22N2.C4H8.C3H5Cl.C2H6.CH3Cl.CH2O/c1-15-9-4-5-10-16-11-8-13-6-2-3-7-14(13)12-16;1-3-4-2;1-2-3-4;3*1-2/h2-3,6-7,15H,4-5,8-12H2,1H3;3H,1,4H2,2H3;2H,1,3H2;1-2H3;1H3;1H2. The maximum Gasteiger partial charge on any atom is 0.106 e. The quantitative estimate of drug-likeness (QED) is 0.277. The lowest BCUT2D eigenvalue weighted by atomic mass is 10.00. The Balaban J connectivity index is -0.000000202. The molecular formula is C25H46Cl2N2O. The average Bonchev–Trinajstić information content (AvgIpc) is 2.85. The monoisotopic (exact) mass is 460 g/mol. The van der Waals surface area contributed by atoms with Gasteiger partial charge in [0.2, 0.25) is 0 Å². The molecular weight excluding hydrogens is 415 g/mol. The van der Waals surface area contributed by atoms with Crippen molar-refractivity contribution in [1.29, 1.82) is 0 Å². The van der Waals surface area contributed by atoms with Crippen molar-refractivity contribution in [3.8, 4) is 0 Å². The van der Waals surface area contributed by atoms with E-state index in [-0.39, 0.29) is 0 Å². The van der Waals surface area contributed by atoms with Gasteiger partial charge in [-0.05, 0) is 56.9 Å². The molecule has 2 rings (SSSR count). The summed E-state index contributed by atoms with van der Waals surface area (Å²) in [6, 6.07) is 8.85. The highest BCUT2D eigenvalue weighted by molar-refractivity contribution is 6.18. The molecule has 0 saturated heterocycles. The van der Waals surface area contributed by atoms with E-state index >= 15 is 0 Å². The fourth-order valence-electron chi connectivity index (χ4n) is 2.38. The van der Waals surface area contributed by atoms with Gasteiger partial charge in [0.1, 0.15) is 6.79 Å². The second-order valence-corrected chi connectivity index (χ2v) is 6.05. The fourth-order valence-corrected chi connectivity index (χ4v) is 2.38. The summed E-state index contributed by atoms with van der Waals surface area (Å²) in [5.74, 6) is 0.556. The summed E-state index contributed by atoms with van der Waals surface area (Å²) in [5.41, 5.74) is 3.08. The molecule has 1 aliphatic rings. The number of carbonyl (C=O) groups excluding carboxylic acids is 1. The van der Waals surface area contributed by atoms with E-state index in [4.69, 9.17) is 16.4 Å². The van der Waals surface area contributed by atoms with Crippen LogP contribution in [0.1, 0.15) is 51.2 Å². The predicted octanol–water partition coefficient (Wildman–Crippen LogP) is 6.73. The Morgan fingerprint density at radius 1 is 1.07 bits per heavy atom. The van der Waals surface area contributed by atoms with Crippen molar-refractivity contribution in [2.24, 2.45) is 0 Å². The van der Waals surface area contributed by atoms with Crippen LogP contribution in [0.3, 0.4) is 0 Å². The molecule has 1 aliphatic heterocycles. The molecule has 3 nitrogen and oxygen atoms in total. The molecule has 0 amide bonds. The first-order valence-electron chi connectivity index (χ1n) is 10.6. The molecule has 0 saturated carbocycles. The Morgan fingerprint density at radius 2 is 1.57 bits per heavy atom. The molecule has 0 fully saturated rings. The Bertz CT molecular complexity index is 449. The Hall–Kier alpha value is -1.13. The number of halogens is 2. The van der Waals surface area contributed by atoms with Gasteiger partial charge in [0, 0.05) is 25.4 Å². The first-order valence-corrected chi connectivity index (χ1v) is 11.9. The third-order valence-corrected chi connectivity index (χ3v) is 3.98. The lowest BCUT2D eigenvalue weighted by Crippen LogP contribution is -2.31. The zero-order valence-corrected chi connectivity index (χ0v) is 21.6. The second-order valence-electron chi connectivity index (χ2n) is 5.75. The first-order chi connectivity index (χ1) is 14.7. The summed E-state index contributed by atoms with van der Waals surface area (Å²) in [6.07, 6.45) is 9.89. The van der Waals surface area contributed by atoms with Crippen molar-refractivity contribution in [2.75, 3.05) is 38.9 Å². The Labute approximate surface area is 197 Å². The molecule has 0 aliphatic carbocycles. The number of unbranched alkanes of at least 4 members (excludes halogenated alkanes) is 1. The number of hydrogen-bond donors (Lipinski definition) is 1. The summed E-state index contributed by atoms with van der Waals surface area (Å²) in [5, 5.41) is 3.20. The molecule has 0 aromatic heterocycles. The molecule has 0 unspecified atom stereocenters. The van der Waals surface area contributed by atoms with Crippen LogP contribution < -0.4 is 5.32 Å². The number of alkyl halides is 2. The van der Waals surface area contributed by atoms with Crippen LogP contribution in [0.15, 0.2) is 49.6 Å². The molecule has 0 bridgehead atoms. The minimum absolute atomic E-state index is 0.556. The number of hydrogen-bond acceptors (Lipinski definition) is 3. The molecule has 0 atom stereocenters. The lowest BCUT2D eigenvalue weighted by Gasteiger charge is -2.28. The van der Waals surface area contributed by atoms with Crippen molar-refractivity contribution in [1.82, 2.24) is 10.2 Å². The molecule has 1 aromatic rings. The van der Waals surface area contributed by atoms with E-state index in [1.165, 1.54) is 44.3 Å². The molecule has 0 spiro atoms. The molecule has 0 radical (unpaired) electrons. The number of nitrogens with zero attached hydrogens (tertiary/aromatic N) is 1. The van der Waals surface area contributed by atoms with E-state index < -0.39 is 0 Å². The SMILES string of the molecule is C=CCC.C=CCCl.C=O.CC.CCl.CNCCCCN1CCc2ccccc2C1. The summed E-state index contributed by atoms with van der Waals surface area (Å²) in [6.45, 7) is 19.7. The second kappa shape index (κ2) is 35.3. The number of carbonyl (C=O) groups is 1. The van der Waals surface area contributed by atoms with Crippen LogP contribution in [-0.2, 0) is 17.8 Å². The highest BCUT2D eigenvalue weighted by Crippen LogP contribution is 2.18. The summed E-state index contributed by atoms with van der Waals surface area (Å²) >= 11 is 9.71. The van der Waals surface area contributed by atoms with Crippen LogP contribution in [0.5, 0.6) is 0 Å². The largest absolute Gasteiger partial charge is 0.320 e. The Kier molecular flexibility index (Phi) is 42.7. The number of nitrogens with one attached hydrogen (secondary N) is 1. The van der Waals surface area contributed by atoms with Crippen LogP contribution in [-0.4, -0.2) is 50.6 Å². The molecule has 176 valence electrons. The summed E-state index contributed by atoms with van der Waals surface area (Å²) in [4.78, 5) is 10.6. The number of benzene rings is 1. The van der Waals surface area contributed by atoms with Gasteiger partial charge in [0.05, 0.1) is 0 Å². The van der Waals surface area contributed by atoms with Gasteiger partial charge in [-0.2, -0.15) is 0 Å². The van der Waals surface area contributed by atoms with Gasteiger partial charge in [-0.25, -0.2) is 0 Å². The van der Waals surface area contributed by atoms with Crippen molar-refractivity contribution < 1.29 is 4.79 Å². The molecule has 5 heteroatoms. The highest BCUT2D eigenvalue weighted by Gasteiger charge is 2.14. The predicted molar refractivity (Wildman–Crippen MR) is 140 cm³/mol. The molecule has 1 aromatic carbocycles. The van der Waals surface area contributed by atoms with Crippen LogP contribution in [0.4, 0.5) is 0 Å². The van der Waals surface area contributed by atoms with Crippen molar-refractivity contribution in [3.05, 3.63) is 60.7 Å². The van der Waals surface area contributed by atoms with Crippen molar-refractivity contribution >= 4 is 30.0 Å². The summed E-state index contributed by atoms with van der Waals surface area (Å²) < 4.78 is 0. The van der Waals surface area contributed by atoms with E-state index in [2.05, 4.69) is 66.2 Å². The van der Waals surface area contributed by atoms with Crippen LogP contribution in [0.25, 0.3) is 0 Å². The van der Waals surface area contributed by atoms with Gasteiger partial charge in [-0.3, -0.25) is 4.90 Å². The lowest BCUT2D eigenvalue weighted by molar-refractivity contribution is -0.0979. The first kappa shape index (κ1) is 36.3. The van der Waals surface area contributed by atoms with E-state index in [1.54, 1.807) is 11.6 Å². The van der Waals surface area contributed by atoms with Gasteiger partial charge in [0.25, 0.3) is 0 Å². The third kappa shape index (κ3) is 24.9. The fraction of sp³-hybridized carbons (Fsp3) is 0.560. The minimum atomic E-state index is 0.556. The normalized spacial score (nSPS) is 10.8. The van der Waals surface area contributed by atoms with E-state index in [0.717, 1.165) is 19.5 Å². The molecule has 30 heavy (non-hydrogen) atoms. The highest BCUT2D eigenvalue weighted by atomic mass is 35.5. The number of fused-ring (bicyclic) bond motifs is 1. The summed E-state index contributed by atoms with van der Waals surface area (Å²) in [7, 11) is 2.02. The average molecular weight is 462 g/mol. The zero-order chi connectivity index (χ0) is 24.0. The van der Waals surface area contributed by atoms with Crippen molar-refractivity contribution in [2.45, 2.75) is 53.0 Å². The molecule has 1 heterocycles. The maximum absolute atomic E-state index is 8.00. The van der Waals surface area contributed by atoms with Gasteiger partial charge in [0.15, 0.2) is 0 Å². The maximum atomic E-state index is 8.00. The van der Waals surface area contributed by atoms with Crippen LogP contribution in [0.2, 0.25) is 0 Å². The Morgan fingerprint density at radius 3 is 2.00 bits per heavy atom. The van der Waals surface area contributed by atoms with E-state index in [1.807, 2.05) is 33.8 Å². The van der Waals surface area contributed by atoms with Gasteiger partial charge < -0.3 is 10.1 Å². The van der Waals surface area contributed by atoms with Crippen molar-refractivity contribution in [3.63, 3.8) is 0 Å².